The molecule has 2 aliphatic carbocycles. The first kappa shape index (κ1) is 38.9. The number of hydrogen-bond donors (Lipinski definition) is 0. The molecule has 0 bridgehead atoms. The Balaban J connectivity index is 1.49. The lowest BCUT2D eigenvalue weighted by atomic mass is 9.59. The van der Waals surface area contributed by atoms with Gasteiger partial charge in [0.1, 0.15) is 11.1 Å². The first-order valence-corrected chi connectivity index (χ1v) is 18.0. The Hall–Kier alpha value is -1.94. The second kappa shape index (κ2) is 15.9. The van der Waals surface area contributed by atoms with Gasteiger partial charge >= 0.3 is 23.9 Å². The first-order valence-electron chi connectivity index (χ1n) is 15.8. The SMILES string of the molecule is CCC1(CC)CC(COC(=O)c2c(Cl)c(Cl)cc(Cl)c2OC(=O)C(=O)Oc2c(Cl)cc(Cl)c(Cl)c2C(=O)OCC2CC(CC)(CC)C2)C1. The molecular formula is C34H36Cl6O8. The molecule has 2 saturated carbocycles. The highest BCUT2D eigenvalue weighted by atomic mass is 35.5. The van der Waals surface area contributed by atoms with Crippen molar-refractivity contribution in [3.05, 3.63) is 53.4 Å². The molecule has 0 amide bonds. The Bertz CT molecular complexity index is 1470. The minimum absolute atomic E-state index is 0.101. The lowest BCUT2D eigenvalue weighted by molar-refractivity contribution is -0.156. The highest BCUT2D eigenvalue weighted by Crippen LogP contribution is 2.52. The Morgan fingerprint density at radius 1 is 0.583 bits per heavy atom. The van der Waals surface area contributed by atoms with Gasteiger partial charge in [-0.1, -0.05) is 123 Å². The fourth-order valence-corrected chi connectivity index (χ4v) is 8.18. The molecule has 48 heavy (non-hydrogen) atoms. The van der Waals surface area contributed by atoms with Crippen LogP contribution in [0.15, 0.2) is 12.1 Å². The van der Waals surface area contributed by atoms with Gasteiger partial charge in [0, 0.05) is 0 Å². The molecule has 262 valence electrons. The maximum Gasteiger partial charge on any atom is 0.423 e. The van der Waals surface area contributed by atoms with Gasteiger partial charge in [-0.15, -0.1) is 0 Å². The van der Waals surface area contributed by atoms with Crippen LogP contribution in [-0.4, -0.2) is 37.1 Å². The number of hydrogen-bond acceptors (Lipinski definition) is 8. The molecule has 0 atom stereocenters. The van der Waals surface area contributed by atoms with Crippen molar-refractivity contribution in [2.75, 3.05) is 13.2 Å². The van der Waals surface area contributed by atoms with Crippen molar-refractivity contribution in [2.45, 2.75) is 79.1 Å². The first-order chi connectivity index (χ1) is 22.6. The number of ether oxygens (including phenoxy) is 4. The molecule has 0 radical (unpaired) electrons. The van der Waals surface area contributed by atoms with Crippen molar-refractivity contribution in [3.8, 4) is 11.5 Å². The third-order valence-electron chi connectivity index (χ3n) is 10.0. The summed E-state index contributed by atoms with van der Waals surface area (Å²) >= 11 is 37.5. The van der Waals surface area contributed by atoms with Crippen LogP contribution in [0.2, 0.25) is 30.1 Å². The van der Waals surface area contributed by atoms with Crippen LogP contribution in [0.25, 0.3) is 0 Å². The molecule has 14 heteroatoms. The molecule has 0 spiro atoms. The van der Waals surface area contributed by atoms with E-state index in [4.69, 9.17) is 88.6 Å². The van der Waals surface area contributed by atoms with Crippen LogP contribution < -0.4 is 9.47 Å². The van der Waals surface area contributed by atoms with E-state index in [-0.39, 0.29) is 66.0 Å². The highest BCUT2D eigenvalue weighted by Gasteiger charge is 2.43. The van der Waals surface area contributed by atoms with Crippen LogP contribution in [0.3, 0.4) is 0 Å². The Labute approximate surface area is 309 Å². The molecule has 8 nitrogen and oxygen atoms in total. The molecular weight excluding hydrogens is 749 g/mol. The molecule has 4 rings (SSSR count). The Kier molecular flexibility index (Phi) is 12.9. The molecule has 0 aliphatic heterocycles. The van der Waals surface area contributed by atoms with Gasteiger partial charge in [0.2, 0.25) is 0 Å². The van der Waals surface area contributed by atoms with E-state index in [2.05, 4.69) is 27.7 Å². The topological polar surface area (TPSA) is 105 Å². The van der Waals surface area contributed by atoms with Gasteiger partial charge in [0.15, 0.2) is 11.5 Å². The summed E-state index contributed by atoms with van der Waals surface area (Å²) in [4.78, 5) is 52.4. The molecule has 0 heterocycles. The average Bonchev–Trinajstić information content (AvgIpc) is 3.01. The third-order valence-corrected chi connectivity index (χ3v) is 12.1. The van der Waals surface area contributed by atoms with Gasteiger partial charge in [0.05, 0.1) is 43.3 Å². The van der Waals surface area contributed by atoms with Crippen molar-refractivity contribution in [3.63, 3.8) is 0 Å². The van der Waals surface area contributed by atoms with Gasteiger partial charge in [0.25, 0.3) is 0 Å². The molecule has 2 fully saturated rings. The molecule has 0 aromatic heterocycles. The predicted octanol–water partition coefficient (Wildman–Crippen LogP) is 10.9. The van der Waals surface area contributed by atoms with E-state index in [9.17, 15) is 19.2 Å². The van der Waals surface area contributed by atoms with E-state index in [1.54, 1.807) is 0 Å². The van der Waals surface area contributed by atoms with E-state index in [1.807, 2.05) is 0 Å². The van der Waals surface area contributed by atoms with E-state index < -0.39 is 46.5 Å². The van der Waals surface area contributed by atoms with E-state index in [0.717, 1.165) is 63.5 Å². The average molecular weight is 785 g/mol. The molecule has 2 aliphatic rings. The summed E-state index contributed by atoms with van der Waals surface area (Å²) in [7, 11) is 0. The molecule has 2 aromatic rings. The molecule has 0 N–H and O–H groups in total. The van der Waals surface area contributed by atoms with Crippen LogP contribution >= 0.6 is 69.6 Å². The fraction of sp³-hybridized carbons (Fsp3) is 0.529. The van der Waals surface area contributed by atoms with E-state index in [0.29, 0.717) is 0 Å². The lowest BCUT2D eigenvalue weighted by Crippen LogP contribution is -2.39. The smallest absolute Gasteiger partial charge is 0.423 e. The number of carbonyl (C=O) groups is 4. The fourth-order valence-electron chi connectivity index (χ4n) is 6.74. The summed E-state index contributed by atoms with van der Waals surface area (Å²) in [5.41, 5.74) is -0.434. The molecule has 2 aromatic carbocycles. The second-order valence-corrected chi connectivity index (χ2v) is 15.0. The summed E-state index contributed by atoms with van der Waals surface area (Å²) in [6.45, 7) is 8.72. The van der Waals surface area contributed by atoms with Crippen molar-refractivity contribution in [1.29, 1.82) is 0 Å². The lowest BCUT2D eigenvalue weighted by Gasteiger charge is -2.47. The minimum Gasteiger partial charge on any atom is -0.462 e. The second-order valence-electron chi connectivity index (χ2n) is 12.7. The minimum atomic E-state index is -1.63. The number of halogens is 6. The maximum atomic E-state index is 13.2. The quantitative estimate of drug-likeness (QED) is 0.0907. The molecule has 0 saturated heterocycles. The normalized spacial score (nSPS) is 16.8. The predicted molar refractivity (Wildman–Crippen MR) is 186 cm³/mol. The van der Waals surface area contributed by atoms with E-state index in [1.165, 1.54) is 0 Å². The molecule has 0 unspecified atom stereocenters. The van der Waals surface area contributed by atoms with Gasteiger partial charge in [-0.2, -0.15) is 0 Å². The zero-order valence-corrected chi connectivity index (χ0v) is 31.4. The zero-order chi connectivity index (χ0) is 35.6. The largest absolute Gasteiger partial charge is 0.462 e. The standard InChI is InChI=1S/C34H36Cl6O8/c1-5-33(6-2)11-17(12-33)15-45-29(41)23-25(39)19(35)9-21(37)27(23)47-31(43)32(44)48-28-22(38)10-20(36)26(40)24(28)30(42)46-16-18-13-34(7-3,8-4)14-18/h9-10,17-18H,5-8,11-16H2,1-4H3. The number of rotatable bonds is 12. The van der Waals surface area contributed by atoms with Crippen LogP contribution in [0.4, 0.5) is 0 Å². The number of benzene rings is 2. The summed E-state index contributed by atoms with van der Waals surface area (Å²) in [6.07, 6.45) is 7.69. The number of esters is 4. The summed E-state index contributed by atoms with van der Waals surface area (Å²) in [5.74, 6) is -6.02. The van der Waals surface area contributed by atoms with Gasteiger partial charge in [-0.3, -0.25) is 0 Å². The zero-order valence-electron chi connectivity index (χ0n) is 26.9. The highest BCUT2D eigenvalue weighted by molar-refractivity contribution is 6.47. The summed E-state index contributed by atoms with van der Waals surface area (Å²) < 4.78 is 21.4. The van der Waals surface area contributed by atoms with Crippen LogP contribution in [0, 0.1) is 22.7 Å². The van der Waals surface area contributed by atoms with Crippen molar-refractivity contribution >= 4 is 93.5 Å². The van der Waals surface area contributed by atoms with Gasteiger partial charge in [-0.25, -0.2) is 19.2 Å². The van der Waals surface area contributed by atoms with Crippen LogP contribution in [0.1, 0.15) is 99.8 Å². The van der Waals surface area contributed by atoms with Crippen molar-refractivity contribution < 1.29 is 38.1 Å². The third kappa shape index (κ3) is 8.16. The van der Waals surface area contributed by atoms with Crippen LogP contribution in [0.5, 0.6) is 11.5 Å². The summed E-state index contributed by atoms with van der Waals surface area (Å²) in [5, 5.41) is -1.44. The monoisotopic (exact) mass is 782 g/mol. The van der Waals surface area contributed by atoms with E-state index >= 15 is 0 Å². The van der Waals surface area contributed by atoms with Gasteiger partial charge < -0.3 is 18.9 Å². The maximum absolute atomic E-state index is 13.2. The van der Waals surface area contributed by atoms with Crippen molar-refractivity contribution in [1.82, 2.24) is 0 Å². The summed E-state index contributed by atoms with van der Waals surface area (Å²) in [6, 6.07) is 2.27. The number of carbonyl (C=O) groups excluding carboxylic acids is 4. The van der Waals surface area contributed by atoms with Crippen molar-refractivity contribution in [2.24, 2.45) is 22.7 Å². The Morgan fingerprint density at radius 2 is 0.896 bits per heavy atom. The Morgan fingerprint density at radius 3 is 1.19 bits per heavy atom. The van der Waals surface area contributed by atoms with Crippen LogP contribution in [-0.2, 0) is 19.1 Å². The van der Waals surface area contributed by atoms with Gasteiger partial charge in [-0.05, 0) is 60.5 Å².